The first kappa shape index (κ1) is 26.1. The van der Waals surface area contributed by atoms with Crippen LogP contribution in [-0.4, -0.2) is 40.0 Å². The van der Waals surface area contributed by atoms with Crippen LogP contribution in [0, 0.1) is 0 Å². The van der Waals surface area contributed by atoms with E-state index >= 15 is 0 Å². The minimum absolute atomic E-state index is 0. The van der Waals surface area contributed by atoms with Gasteiger partial charge in [-0.15, -0.1) is 12.4 Å². The Bertz CT molecular complexity index is 1040. The van der Waals surface area contributed by atoms with Gasteiger partial charge in [-0.3, -0.25) is 14.8 Å². The zero-order chi connectivity index (χ0) is 23.1. The van der Waals surface area contributed by atoms with Crippen molar-refractivity contribution < 1.29 is 28.0 Å². The predicted octanol–water partition coefficient (Wildman–Crippen LogP) is 4.46. The lowest BCUT2D eigenvalue weighted by Gasteiger charge is -2.33. The average molecular weight is 482 g/mol. The molecule has 2 heterocycles. The molecule has 10 heteroatoms. The highest BCUT2D eigenvalue weighted by molar-refractivity contribution is 5.92. The molecule has 1 saturated heterocycles. The van der Waals surface area contributed by atoms with E-state index in [4.69, 9.17) is 5.21 Å². The first-order valence-electron chi connectivity index (χ1n) is 10.00. The van der Waals surface area contributed by atoms with Crippen molar-refractivity contribution >= 4 is 36.4 Å². The second-order valence-electron chi connectivity index (χ2n) is 7.34. The number of hydrogen-bond donors (Lipinski definition) is 2. The molecular weight excluding hydrogens is 459 g/mol. The number of pyridine rings is 1. The van der Waals surface area contributed by atoms with Gasteiger partial charge in [0.25, 0.3) is 5.91 Å². The minimum Gasteiger partial charge on any atom is -0.339 e. The monoisotopic (exact) mass is 481 g/mol. The summed E-state index contributed by atoms with van der Waals surface area (Å²) in [5.74, 6) is -1.39. The van der Waals surface area contributed by atoms with Gasteiger partial charge in [0.05, 0.1) is 17.0 Å². The topological polar surface area (TPSA) is 82.5 Å². The molecule has 2 amide bonds. The molecule has 176 valence electrons. The molecule has 0 spiro atoms. The molecule has 0 saturated carbocycles. The maximum atomic E-state index is 13.4. The van der Waals surface area contributed by atoms with Gasteiger partial charge >= 0.3 is 6.18 Å². The molecule has 1 fully saturated rings. The molecule has 0 aliphatic carbocycles. The largest absolute Gasteiger partial charge is 0.416 e. The van der Waals surface area contributed by atoms with Crippen molar-refractivity contribution in [3.05, 3.63) is 77.1 Å². The zero-order valence-electron chi connectivity index (χ0n) is 17.5. The number of nitrogens with one attached hydrogen (secondary N) is 1. The lowest BCUT2D eigenvalue weighted by Crippen LogP contribution is -2.38. The third-order valence-corrected chi connectivity index (χ3v) is 5.14. The molecule has 0 radical (unpaired) electrons. The van der Waals surface area contributed by atoms with Gasteiger partial charge in [-0.25, -0.2) is 10.5 Å². The quantitative estimate of drug-likeness (QED) is 0.375. The van der Waals surface area contributed by atoms with E-state index in [9.17, 15) is 22.8 Å². The van der Waals surface area contributed by atoms with Gasteiger partial charge in [0.15, 0.2) is 0 Å². The Morgan fingerprint density at radius 3 is 2.39 bits per heavy atom. The summed E-state index contributed by atoms with van der Waals surface area (Å²) in [6.07, 6.45) is 2.12. The van der Waals surface area contributed by atoms with Crippen LogP contribution in [0.25, 0.3) is 12.2 Å². The van der Waals surface area contributed by atoms with Gasteiger partial charge in [0, 0.05) is 31.2 Å². The lowest BCUT2D eigenvalue weighted by atomic mass is 9.87. The van der Waals surface area contributed by atoms with Crippen LogP contribution in [0.5, 0.6) is 0 Å². The van der Waals surface area contributed by atoms with Crippen LogP contribution < -0.4 is 5.48 Å². The van der Waals surface area contributed by atoms with Crippen molar-refractivity contribution in [2.45, 2.75) is 24.9 Å². The van der Waals surface area contributed by atoms with Crippen LogP contribution in [0.2, 0.25) is 0 Å². The Kier molecular flexibility index (Phi) is 9.19. The Hall–Kier alpha value is -3.17. The Morgan fingerprint density at radius 1 is 1.06 bits per heavy atom. The van der Waals surface area contributed by atoms with Crippen LogP contribution in [0.1, 0.15) is 41.3 Å². The number of aromatic nitrogens is 1. The van der Waals surface area contributed by atoms with Crippen molar-refractivity contribution in [2.75, 3.05) is 13.1 Å². The molecule has 33 heavy (non-hydrogen) atoms. The third kappa shape index (κ3) is 7.16. The highest BCUT2D eigenvalue weighted by atomic mass is 35.5. The number of hydrogen-bond acceptors (Lipinski definition) is 4. The molecule has 0 bridgehead atoms. The van der Waals surface area contributed by atoms with Gasteiger partial charge in [-0.1, -0.05) is 24.3 Å². The van der Waals surface area contributed by atoms with Crippen LogP contribution in [0.3, 0.4) is 0 Å². The molecular formula is C23H23ClF3N3O3. The average Bonchev–Trinajstić information content (AvgIpc) is 2.80. The number of hydroxylamine groups is 1. The highest BCUT2D eigenvalue weighted by Crippen LogP contribution is 2.38. The maximum absolute atomic E-state index is 13.4. The van der Waals surface area contributed by atoms with Crippen LogP contribution in [0.15, 0.2) is 54.6 Å². The van der Waals surface area contributed by atoms with Crippen molar-refractivity contribution in [1.82, 2.24) is 15.4 Å². The van der Waals surface area contributed by atoms with Gasteiger partial charge in [0.2, 0.25) is 5.91 Å². The molecule has 1 aliphatic heterocycles. The smallest absolute Gasteiger partial charge is 0.339 e. The summed E-state index contributed by atoms with van der Waals surface area (Å²) in [5.41, 5.74) is 1.96. The van der Waals surface area contributed by atoms with E-state index in [0.717, 1.165) is 12.1 Å². The fourth-order valence-electron chi connectivity index (χ4n) is 3.66. The molecule has 6 nitrogen and oxygen atoms in total. The van der Waals surface area contributed by atoms with Gasteiger partial charge in [0.1, 0.15) is 0 Å². The number of nitrogens with zero attached hydrogens (tertiary/aromatic N) is 2. The molecule has 3 rings (SSSR count). The van der Waals surface area contributed by atoms with E-state index in [2.05, 4.69) is 4.98 Å². The zero-order valence-corrected chi connectivity index (χ0v) is 18.3. The van der Waals surface area contributed by atoms with Crippen molar-refractivity contribution in [2.24, 2.45) is 0 Å². The number of carbonyl (C=O) groups excluding carboxylic acids is 2. The number of likely N-dealkylation sites (tertiary alicyclic amines) is 1. The molecule has 2 N–H and O–H groups in total. The fraction of sp³-hybridized carbons (Fsp3) is 0.261. The highest BCUT2D eigenvalue weighted by Gasteiger charge is 2.36. The maximum Gasteiger partial charge on any atom is 0.416 e. The first-order chi connectivity index (χ1) is 15.3. The van der Waals surface area contributed by atoms with E-state index in [1.807, 2.05) is 0 Å². The van der Waals surface area contributed by atoms with Crippen molar-refractivity contribution in [1.29, 1.82) is 0 Å². The van der Waals surface area contributed by atoms with Crippen molar-refractivity contribution in [3.8, 4) is 0 Å². The van der Waals surface area contributed by atoms with E-state index in [0.29, 0.717) is 30.8 Å². The summed E-state index contributed by atoms with van der Waals surface area (Å²) in [5, 5.41) is 8.50. The van der Waals surface area contributed by atoms with Crippen LogP contribution >= 0.6 is 12.4 Å². The minimum atomic E-state index is -4.44. The molecule has 1 aliphatic rings. The summed E-state index contributed by atoms with van der Waals surface area (Å²) in [6.45, 7) is 0.684. The lowest BCUT2D eigenvalue weighted by molar-refractivity contribution is -0.138. The number of benzene rings is 1. The third-order valence-electron chi connectivity index (χ3n) is 5.14. The Balaban J connectivity index is 0.00000385. The normalized spacial score (nSPS) is 16.6. The summed E-state index contributed by atoms with van der Waals surface area (Å²) in [4.78, 5) is 29.5. The SMILES string of the molecule is Cl.O=C(/C=C/c1cccc(/C=C/C(=O)N2CCCC(c3ccccc3C(F)(F)F)C2)n1)NO. The van der Waals surface area contributed by atoms with Gasteiger partial charge < -0.3 is 4.90 Å². The first-order valence-corrected chi connectivity index (χ1v) is 10.00. The number of halogens is 4. The van der Waals surface area contributed by atoms with Crippen LogP contribution in [-0.2, 0) is 15.8 Å². The number of piperidine rings is 1. The van der Waals surface area contributed by atoms with E-state index < -0.39 is 17.6 Å². The molecule has 1 atom stereocenters. The molecule has 1 aromatic heterocycles. The van der Waals surface area contributed by atoms with Gasteiger partial charge in [-0.2, -0.15) is 13.2 Å². The Labute approximate surface area is 195 Å². The number of alkyl halides is 3. The van der Waals surface area contributed by atoms with E-state index in [-0.39, 0.29) is 36.3 Å². The standard InChI is InChI=1S/C23H22F3N3O3.ClH/c24-23(25,26)20-9-2-1-8-19(20)16-5-4-14-29(15-16)22(31)13-11-18-7-3-6-17(27-18)10-12-21(30)28-32;/h1-3,6-13,16,32H,4-5,14-15H2,(H,28,30);1H/b12-10+,13-11+;. The molecule has 2 aromatic rings. The van der Waals surface area contributed by atoms with Crippen molar-refractivity contribution in [3.63, 3.8) is 0 Å². The molecule has 1 unspecified atom stereocenters. The number of carbonyl (C=O) groups is 2. The summed E-state index contributed by atoms with van der Waals surface area (Å²) in [6, 6.07) is 10.5. The number of rotatable bonds is 5. The predicted molar refractivity (Wildman–Crippen MR) is 119 cm³/mol. The van der Waals surface area contributed by atoms with Gasteiger partial charge in [-0.05, 0) is 48.8 Å². The van der Waals surface area contributed by atoms with Crippen LogP contribution in [0.4, 0.5) is 13.2 Å². The second-order valence-corrected chi connectivity index (χ2v) is 7.34. The summed E-state index contributed by atoms with van der Waals surface area (Å²) in [7, 11) is 0. The molecule has 1 aromatic carbocycles. The summed E-state index contributed by atoms with van der Waals surface area (Å²) < 4.78 is 40.1. The fourth-order valence-corrected chi connectivity index (χ4v) is 3.66. The second kappa shape index (κ2) is 11.6. The van der Waals surface area contributed by atoms with E-state index in [1.54, 1.807) is 29.2 Å². The summed E-state index contributed by atoms with van der Waals surface area (Å²) >= 11 is 0. The van der Waals surface area contributed by atoms with E-state index in [1.165, 1.54) is 35.8 Å². The number of amides is 2. The Morgan fingerprint density at radius 2 is 1.73 bits per heavy atom.